The lowest BCUT2D eigenvalue weighted by atomic mass is 10.1. The van der Waals surface area contributed by atoms with Crippen molar-refractivity contribution in [3.63, 3.8) is 0 Å². The number of aryl methyl sites for hydroxylation is 1. The predicted octanol–water partition coefficient (Wildman–Crippen LogP) is 4.70. The van der Waals surface area contributed by atoms with E-state index in [2.05, 4.69) is 15.6 Å². The first-order valence-electron chi connectivity index (χ1n) is 12.3. The molecule has 0 saturated heterocycles. The Morgan fingerprint density at radius 3 is 2.15 bits per heavy atom. The molecular formula is C28H31ClN3O6S. The van der Waals surface area contributed by atoms with Crippen LogP contribution < -0.4 is 10.6 Å². The van der Waals surface area contributed by atoms with Gasteiger partial charge in [0.1, 0.15) is 0 Å². The number of carbonyl (C=O) groups excluding carboxylic acids is 3. The fraction of sp³-hybridized carbons (Fsp3) is 0.286. The Morgan fingerprint density at radius 1 is 0.974 bits per heavy atom. The fourth-order valence-electron chi connectivity index (χ4n) is 3.43. The van der Waals surface area contributed by atoms with E-state index in [0.717, 1.165) is 23.4 Å². The number of hydrogen-bond donors (Lipinski definition) is 2. The van der Waals surface area contributed by atoms with Gasteiger partial charge in [0.15, 0.2) is 0 Å². The molecule has 0 fully saturated rings. The highest BCUT2D eigenvalue weighted by Crippen LogP contribution is 2.15. The quantitative estimate of drug-likeness (QED) is 0.360. The number of nitrogens with zero attached hydrogens (tertiary/aromatic N) is 1. The fourth-order valence-corrected chi connectivity index (χ4v) is 4.59. The average Bonchev–Trinajstić information content (AvgIpc) is 2.90. The molecular weight excluding hydrogens is 542 g/mol. The molecule has 0 spiro atoms. The molecule has 1 heterocycles. The van der Waals surface area contributed by atoms with E-state index >= 15 is 0 Å². The highest BCUT2D eigenvalue weighted by atomic mass is 35.5. The molecule has 1 atom stereocenters. The Bertz CT molecular complexity index is 1330. The SMILES string of the molecule is CCCC(CC([O])=O)NC(=O)S(=O)(=O)c1ccc(C(=O)NCCc2ccc(Cl)cc2)cc1.Cc1ccccn1. The Balaban J connectivity index is 0.000000658. The summed E-state index contributed by atoms with van der Waals surface area (Å²) in [5.41, 5.74) is 2.31. The number of hydrogen-bond acceptors (Lipinski definition) is 6. The Labute approximate surface area is 233 Å². The largest absolute Gasteiger partial charge is 0.357 e. The van der Waals surface area contributed by atoms with Gasteiger partial charge in [-0.1, -0.05) is 43.1 Å². The molecule has 9 nitrogen and oxygen atoms in total. The van der Waals surface area contributed by atoms with Crippen molar-refractivity contribution in [2.45, 2.75) is 50.5 Å². The number of carbonyl (C=O) groups is 3. The number of nitrogens with one attached hydrogen (secondary N) is 2. The second-order valence-electron chi connectivity index (χ2n) is 8.62. The van der Waals surface area contributed by atoms with E-state index in [4.69, 9.17) is 11.6 Å². The van der Waals surface area contributed by atoms with E-state index in [1.54, 1.807) is 25.3 Å². The molecule has 2 amide bonds. The summed E-state index contributed by atoms with van der Waals surface area (Å²) in [6, 6.07) is 17.2. The van der Waals surface area contributed by atoms with Crippen LogP contribution in [-0.4, -0.2) is 43.1 Å². The maximum Gasteiger partial charge on any atom is 0.357 e. The summed E-state index contributed by atoms with van der Waals surface area (Å²) < 4.78 is 25.0. The number of amides is 2. The molecule has 1 radical (unpaired) electrons. The van der Waals surface area contributed by atoms with Gasteiger partial charge in [0.05, 0.1) is 11.3 Å². The number of aromatic nitrogens is 1. The van der Waals surface area contributed by atoms with Crippen LogP contribution >= 0.6 is 11.6 Å². The normalized spacial score (nSPS) is 11.5. The van der Waals surface area contributed by atoms with Crippen LogP contribution in [0, 0.1) is 6.92 Å². The molecule has 11 heteroatoms. The standard InChI is InChI=1S/C22H24ClN2O6S.C6H7N/c1-2-3-18(14-20(26)27)25-22(29)32(30,31)19-10-6-16(7-11-19)21(28)24-13-12-15-4-8-17(23)9-5-15;1-6-4-2-3-5-7-6/h4-11,18H,2-3,12-14H2,1H3,(H,24,28)(H,25,29);2-5H,1H3. The summed E-state index contributed by atoms with van der Waals surface area (Å²) in [5.74, 6) is -1.77. The Kier molecular flexibility index (Phi) is 12.6. The van der Waals surface area contributed by atoms with Gasteiger partial charge in [0.25, 0.3) is 15.7 Å². The van der Waals surface area contributed by atoms with E-state index < -0.39 is 33.5 Å². The average molecular weight is 573 g/mol. The van der Waals surface area contributed by atoms with Gasteiger partial charge >= 0.3 is 11.2 Å². The topological polar surface area (TPSA) is 142 Å². The molecule has 1 unspecified atom stereocenters. The van der Waals surface area contributed by atoms with Gasteiger partial charge in [0.2, 0.25) is 0 Å². The lowest BCUT2D eigenvalue weighted by Gasteiger charge is -2.15. The molecule has 0 aliphatic carbocycles. The third-order valence-electron chi connectivity index (χ3n) is 5.47. The van der Waals surface area contributed by atoms with Gasteiger partial charge in [0, 0.05) is 35.1 Å². The van der Waals surface area contributed by atoms with E-state index in [1.165, 1.54) is 12.1 Å². The molecule has 0 saturated carbocycles. The van der Waals surface area contributed by atoms with Gasteiger partial charge in [-0.3, -0.25) is 14.6 Å². The number of pyridine rings is 1. The van der Waals surface area contributed by atoms with Crippen molar-refractivity contribution in [3.8, 4) is 0 Å². The van der Waals surface area contributed by atoms with Crippen molar-refractivity contribution in [2.75, 3.05) is 6.54 Å². The third-order valence-corrected chi connectivity index (χ3v) is 7.22. The van der Waals surface area contributed by atoms with Gasteiger partial charge in [-0.15, -0.1) is 0 Å². The van der Waals surface area contributed by atoms with Gasteiger partial charge < -0.3 is 10.6 Å². The molecule has 39 heavy (non-hydrogen) atoms. The van der Waals surface area contributed by atoms with Crippen LogP contribution in [0.2, 0.25) is 5.02 Å². The molecule has 0 aliphatic rings. The second kappa shape index (κ2) is 15.6. The van der Waals surface area contributed by atoms with Crippen molar-refractivity contribution in [2.24, 2.45) is 0 Å². The summed E-state index contributed by atoms with van der Waals surface area (Å²) in [5, 5.41) is 15.1. The minimum atomic E-state index is -4.39. The molecule has 0 aliphatic heterocycles. The first-order valence-corrected chi connectivity index (χ1v) is 14.1. The molecule has 1 aromatic heterocycles. The summed E-state index contributed by atoms with van der Waals surface area (Å²) in [4.78, 5) is 39.0. The summed E-state index contributed by atoms with van der Waals surface area (Å²) in [6.45, 7) is 4.13. The van der Waals surface area contributed by atoms with Gasteiger partial charge in [-0.05, 0) is 73.9 Å². The molecule has 3 rings (SSSR count). The van der Waals surface area contributed by atoms with E-state index in [1.807, 2.05) is 37.3 Å². The molecule has 2 aromatic carbocycles. The first-order chi connectivity index (χ1) is 18.5. The van der Waals surface area contributed by atoms with Crippen LogP contribution in [0.3, 0.4) is 0 Å². The number of halogens is 1. The van der Waals surface area contributed by atoms with Crippen molar-refractivity contribution >= 4 is 38.6 Å². The van der Waals surface area contributed by atoms with Crippen molar-refractivity contribution in [3.05, 3.63) is 94.8 Å². The van der Waals surface area contributed by atoms with Crippen LogP contribution in [0.5, 0.6) is 0 Å². The molecule has 0 bridgehead atoms. The Morgan fingerprint density at radius 2 is 1.64 bits per heavy atom. The van der Waals surface area contributed by atoms with E-state index in [9.17, 15) is 27.9 Å². The van der Waals surface area contributed by atoms with Crippen LogP contribution in [0.25, 0.3) is 0 Å². The lowest BCUT2D eigenvalue weighted by molar-refractivity contribution is -0.143. The van der Waals surface area contributed by atoms with Gasteiger partial charge in [-0.25, -0.2) is 18.3 Å². The summed E-state index contributed by atoms with van der Waals surface area (Å²) in [6.07, 6.45) is 2.75. The maximum atomic E-state index is 12.5. The predicted molar refractivity (Wildman–Crippen MR) is 148 cm³/mol. The minimum Gasteiger partial charge on any atom is -0.352 e. The zero-order valence-electron chi connectivity index (χ0n) is 21.7. The minimum absolute atomic E-state index is 0.237. The van der Waals surface area contributed by atoms with E-state index in [-0.39, 0.29) is 16.4 Å². The van der Waals surface area contributed by atoms with Crippen LogP contribution in [-0.2, 0) is 26.2 Å². The van der Waals surface area contributed by atoms with E-state index in [0.29, 0.717) is 30.8 Å². The van der Waals surface area contributed by atoms with Gasteiger partial charge in [-0.2, -0.15) is 0 Å². The smallest absolute Gasteiger partial charge is 0.352 e. The Hall–Kier alpha value is -3.76. The number of rotatable bonds is 10. The second-order valence-corrected chi connectivity index (χ2v) is 10.9. The maximum absolute atomic E-state index is 12.5. The summed E-state index contributed by atoms with van der Waals surface area (Å²) in [7, 11) is -4.39. The zero-order valence-corrected chi connectivity index (χ0v) is 23.3. The van der Waals surface area contributed by atoms with Crippen molar-refractivity contribution < 1.29 is 27.9 Å². The summed E-state index contributed by atoms with van der Waals surface area (Å²) >= 11 is 5.84. The lowest BCUT2D eigenvalue weighted by Crippen LogP contribution is -2.39. The molecule has 2 N–H and O–H groups in total. The first kappa shape index (κ1) is 31.5. The monoisotopic (exact) mass is 572 g/mol. The van der Waals surface area contributed by atoms with Crippen LogP contribution in [0.15, 0.2) is 77.8 Å². The number of sulfone groups is 1. The van der Waals surface area contributed by atoms with Crippen molar-refractivity contribution in [1.82, 2.24) is 15.6 Å². The van der Waals surface area contributed by atoms with Crippen LogP contribution in [0.4, 0.5) is 4.79 Å². The zero-order chi connectivity index (χ0) is 28.8. The highest BCUT2D eigenvalue weighted by Gasteiger charge is 2.28. The highest BCUT2D eigenvalue weighted by molar-refractivity contribution is 8.06. The molecule has 207 valence electrons. The van der Waals surface area contributed by atoms with Crippen molar-refractivity contribution in [1.29, 1.82) is 0 Å². The van der Waals surface area contributed by atoms with Crippen LogP contribution in [0.1, 0.15) is 47.8 Å². The number of benzene rings is 2. The molecule has 3 aromatic rings. The third kappa shape index (κ3) is 10.9.